The SMILES string of the molecule is COC(=O)c1c(-c2cc(Br)ccc2N2CCN(C(=O)OC(C)(C)C)CC2)nn(-c2ccccc2)c1C(=O)OC. The van der Waals surface area contributed by atoms with Crippen LogP contribution in [0.25, 0.3) is 16.9 Å². The third-order valence-corrected chi connectivity index (χ3v) is 6.63. The number of rotatable bonds is 5. The normalized spacial score (nSPS) is 13.7. The second-order valence-electron chi connectivity index (χ2n) is 9.92. The van der Waals surface area contributed by atoms with E-state index in [0.717, 1.165) is 10.2 Å². The number of anilines is 1. The standard InChI is InChI=1S/C28H31BrN4O6/c1-28(2,3)39-27(36)32-15-13-31(14-16-32)21-12-11-18(29)17-20(21)23-22(25(34)37-4)24(26(35)38-5)33(30-23)19-9-7-6-8-10-19/h6-12,17H,13-16H2,1-5H3. The van der Waals surface area contributed by atoms with E-state index in [9.17, 15) is 14.4 Å². The Hall–Kier alpha value is -3.86. The van der Waals surface area contributed by atoms with Gasteiger partial charge in [-0.1, -0.05) is 34.1 Å². The smallest absolute Gasteiger partial charge is 0.410 e. The maximum atomic E-state index is 13.1. The predicted molar refractivity (Wildman–Crippen MR) is 149 cm³/mol. The molecule has 2 aromatic carbocycles. The molecule has 0 bridgehead atoms. The Kier molecular flexibility index (Phi) is 8.29. The Morgan fingerprint density at radius 3 is 2.13 bits per heavy atom. The first kappa shape index (κ1) is 28.2. The summed E-state index contributed by atoms with van der Waals surface area (Å²) in [7, 11) is 2.50. The highest BCUT2D eigenvalue weighted by atomic mass is 79.9. The summed E-state index contributed by atoms with van der Waals surface area (Å²) < 4.78 is 17.8. The summed E-state index contributed by atoms with van der Waals surface area (Å²) in [4.78, 5) is 42.5. The van der Waals surface area contributed by atoms with Gasteiger partial charge in [0.1, 0.15) is 16.9 Å². The molecule has 0 radical (unpaired) electrons. The average Bonchev–Trinajstić information content (AvgIpc) is 3.32. The first-order valence-corrected chi connectivity index (χ1v) is 13.2. The third-order valence-electron chi connectivity index (χ3n) is 6.14. The number of hydrogen-bond acceptors (Lipinski definition) is 8. The number of aromatic nitrogens is 2. The second kappa shape index (κ2) is 11.5. The molecule has 0 unspecified atom stereocenters. The summed E-state index contributed by atoms with van der Waals surface area (Å²) in [6.45, 7) is 7.50. The van der Waals surface area contributed by atoms with E-state index in [4.69, 9.17) is 19.3 Å². The molecule has 0 spiro atoms. The minimum absolute atomic E-state index is 0.0000518. The van der Waals surface area contributed by atoms with Crippen molar-refractivity contribution in [2.45, 2.75) is 26.4 Å². The number of ether oxygens (including phenoxy) is 3. The molecule has 3 aromatic rings. The van der Waals surface area contributed by atoms with E-state index in [2.05, 4.69) is 20.8 Å². The van der Waals surface area contributed by atoms with Crippen molar-refractivity contribution in [2.75, 3.05) is 45.3 Å². The average molecular weight is 599 g/mol. The summed E-state index contributed by atoms with van der Waals surface area (Å²) >= 11 is 3.54. The van der Waals surface area contributed by atoms with Crippen LogP contribution >= 0.6 is 15.9 Å². The number of nitrogens with zero attached hydrogens (tertiary/aromatic N) is 4. The van der Waals surface area contributed by atoms with Gasteiger partial charge < -0.3 is 24.0 Å². The summed E-state index contributed by atoms with van der Waals surface area (Å²) in [5, 5.41) is 4.75. The fourth-order valence-electron chi connectivity index (χ4n) is 4.37. The molecule has 1 saturated heterocycles. The number of piperazine rings is 1. The van der Waals surface area contributed by atoms with Crippen molar-refractivity contribution in [3.63, 3.8) is 0 Å². The van der Waals surface area contributed by atoms with Crippen molar-refractivity contribution in [3.8, 4) is 16.9 Å². The van der Waals surface area contributed by atoms with Crippen LogP contribution in [0.15, 0.2) is 53.0 Å². The number of halogens is 1. The van der Waals surface area contributed by atoms with E-state index in [1.54, 1.807) is 17.0 Å². The lowest BCUT2D eigenvalue weighted by atomic mass is 10.0. The number of esters is 2. The highest BCUT2D eigenvalue weighted by molar-refractivity contribution is 9.10. The molecule has 10 nitrogen and oxygen atoms in total. The van der Waals surface area contributed by atoms with E-state index < -0.39 is 17.5 Å². The van der Waals surface area contributed by atoms with Crippen LogP contribution in [0.3, 0.4) is 0 Å². The topological polar surface area (TPSA) is 103 Å². The van der Waals surface area contributed by atoms with E-state index in [1.807, 2.05) is 57.2 Å². The van der Waals surface area contributed by atoms with Crippen molar-refractivity contribution >= 4 is 39.6 Å². The van der Waals surface area contributed by atoms with Crippen molar-refractivity contribution in [1.82, 2.24) is 14.7 Å². The van der Waals surface area contributed by atoms with Gasteiger partial charge in [0.15, 0.2) is 5.69 Å². The Bertz CT molecular complexity index is 1370. The van der Waals surface area contributed by atoms with Gasteiger partial charge in [0.25, 0.3) is 0 Å². The molecule has 0 N–H and O–H groups in total. The van der Waals surface area contributed by atoms with Crippen molar-refractivity contribution < 1.29 is 28.6 Å². The van der Waals surface area contributed by atoms with Crippen LogP contribution in [0.5, 0.6) is 0 Å². The van der Waals surface area contributed by atoms with Crippen molar-refractivity contribution in [3.05, 3.63) is 64.3 Å². The molecule has 1 aliphatic heterocycles. The van der Waals surface area contributed by atoms with E-state index >= 15 is 0 Å². The van der Waals surface area contributed by atoms with Crippen LogP contribution in [0.1, 0.15) is 41.6 Å². The molecule has 1 aromatic heterocycles. The Labute approximate surface area is 235 Å². The fourth-order valence-corrected chi connectivity index (χ4v) is 4.73. The lowest BCUT2D eigenvalue weighted by Gasteiger charge is -2.37. The first-order valence-electron chi connectivity index (χ1n) is 12.4. The van der Waals surface area contributed by atoms with Crippen LogP contribution in [0.2, 0.25) is 0 Å². The molecule has 0 aliphatic carbocycles. The largest absolute Gasteiger partial charge is 0.465 e. The molecule has 1 aliphatic rings. The minimum atomic E-state index is -0.722. The van der Waals surface area contributed by atoms with E-state index in [1.165, 1.54) is 18.9 Å². The summed E-state index contributed by atoms with van der Waals surface area (Å²) in [6, 6.07) is 14.7. The van der Waals surface area contributed by atoms with Gasteiger partial charge in [0.2, 0.25) is 0 Å². The van der Waals surface area contributed by atoms with Gasteiger partial charge in [-0.25, -0.2) is 19.1 Å². The number of methoxy groups -OCH3 is 2. The highest BCUT2D eigenvalue weighted by Crippen LogP contribution is 2.37. The van der Waals surface area contributed by atoms with Gasteiger partial charge in [-0.05, 0) is 51.1 Å². The molecule has 11 heteroatoms. The third kappa shape index (κ3) is 6.08. The molecular weight excluding hydrogens is 568 g/mol. The molecule has 1 amide bonds. The molecule has 0 saturated carbocycles. The van der Waals surface area contributed by atoms with Gasteiger partial charge in [-0.3, -0.25) is 0 Å². The number of benzene rings is 2. The lowest BCUT2D eigenvalue weighted by molar-refractivity contribution is 0.0240. The summed E-state index contributed by atoms with van der Waals surface area (Å²) in [5.74, 6) is -1.44. The van der Waals surface area contributed by atoms with Crippen LogP contribution in [-0.4, -0.2) is 78.7 Å². The fraction of sp³-hybridized carbons (Fsp3) is 0.357. The van der Waals surface area contributed by atoms with Crippen LogP contribution in [0.4, 0.5) is 10.5 Å². The first-order chi connectivity index (χ1) is 18.5. The summed E-state index contributed by atoms with van der Waals surface area (Å²) in [6.07, 6.45) is -0.351. The van der Waals surface area contributed by atoms with Gasteiger partial charge in [0, 0.05) is 41.9 Å². The molecule has 39 heavy (non-hydrogen) atoms. The predicted octanol–water partition coefficient (Wildman–Crippen LogP) is 4.93. The minimum Gasteiger partial charge on any atom is -0.465 e. The van der Waals surface area contributed by atoms with Gasteiger partial charge in [0.05, 0.1) is 19.9 Å². The highest BCUT2D eigenvalue weighted by Gasteiger charge is 2.34. The van der Waals surface area contributed by atoms with E-state index in [0.29, 0.717) is 37.4 Å². The number of carbonyl (C=O) groups excluding carboxylic acids is 3. The number of hydrogen-bond donors (Lipinski definition) is 0. The van der Waals surface area contributed by atoms with Crippen molar-refractivity contribution in [2.24, 2.45) is 0 Å². The number of para-hydroxylation sites is 1. The maximum Gasteiger partial charge on any atom is 0.410 e. The molecule has 2 heterocycles. The molecule has 0 atom stereocenters. The van der Waals surface area contributed by atoms with Gasteiger partial charge >= 0.3 is 18.0 Å². The van der Waals surface area contributed by atoms with Crippen LogP contribution in [-0.2, 0) is 14.2 Å². The van der Waals surface area contributed by atoms with Crippen molar-refractivity contribution in [1.29, 1.82) is 0 Å². The molecule has 4 rings (SSSR count). The number of carbonyl (C=O) groups is 3. The Balaban J connectivity index is 1.80. The molecule has 1 fully saturated rings. The van der Waals surface area contributed by atoms with Crippen LogP contribution < -0.4 is 4.90 Å². The zero-order chi connectivity index (χ0) is 28.3. The zero-order valence-corrected chi connectivity index (χ0v) is 24.1. The monoisotopic (exact) mass is 598 g/mol. The van der Waals surface area contributed by atoms with Crippen LogP contribution in [0, 0.1) is 0 Å². The number of amides is 1. The molecular formula is C28H31BrN4O6. The quantitative estimate of drug-likeness (QED) is 0.301. The lowest BCUT2D eigenvalue weighted by Crippen LogP contribution is -2.50. The Morgan fingerprint density at radius 1 is 0.897 bits per heavy atom. The van der Waals surface area contributed by atoms with E-state index in [-0.39, 0.29) is 23.0 Å². The van der Waals surface area contributed by atoms with Gasteiger partial charge in [-0.15, -0.1) is 0 Å². The molecule has 206 valence electrons. The summed E-state index contributed by atoms with van der Waals surface area (Å²) in [5.41, 5.74) is 1.66. The zero-order valence-electron chi connectivity index (χ0n) is 22.6. The van der Waals surface area contributed by atoms with Gasteiger partial charge in [-0.2, -0.15) is 5.10 Å². The second-order valence-corrected chi connectivity index (χ2v) is 10.8. The Morgan fingerprint density at radius 2 is 1.54 bits per heavy atom. The maximum absolute atomic E-state index is 13.1.